The number of sulfone groups is 1. The standard InChI is InChI=1S/C16H21N3O3S/c1-11(2)23(20,21)13-8-4-3-7-12(13)14-18-15(19-22-14)16(17)9-5-6-10-16/h3-4,7-8,11H,5-6,9-10,17H2,1-2H3. The number of hydrogen-bond acceptors (Lipinski definition) is 6. The first kappa shape index (κ1) is 16.1. The number of nitrogens with zero attached hydrogens (tertiary/aromatic N) is 2. The van der Waals surface area contributed by atoms with E-state index in [0.717, 1.165) is 25.7 Å². The molecular weight excluding hydrogens is 314 g/mol. The number of benzene rings is 1. The van der Waals surface area contributed by atoms with Crippen LogP contribution in [0, 0.1) is 0 Å². The van der Waals surface area contributed by atoms with Crippen LogP contribution in [0.4, 0.5) is 0 Å². The summed E-state index contributed by atoms with van der Waals surface area (Å²) in [6.07, 6.45) is 3.72. The lowest BCUT2D eigenvalue weighted by Gasteiger charge is -2.17. The van der Waals surface area contributed by atoms with Crippen LogP contribution in [0.1, 0.15) is 45.4 Å². The summed E-state index contributed by atoms with van der Waals surface area (Å²) in [5, 5.41) is 3.48. The molecule has 7 heteroatoms. The van der Waals surface area contributed by atoms with Crippen LogP contribution < -0.4 is 5.73 Å². The summed E-state index contributed by atoms with van der Waals surface area (Å²) in [7, 11) is -3.44. The van der Waals surface area contributed by atoms with Crippen LogP contribution in [0.3, 0.4) is 0 Å². The molecule has 23 heavy (non-hydrogen) atoms. The van der Waals surface area contributed by atoms with Gasteiger partial charge in [-0.3, -0.25) is 0 Å². The second kappa shape index (κ2) is 5.72. The van der Waals surface area contributed by atoms with E-state index in [2.05, 4.69) is 10.1 Å². The molecule has 1 aliphatic carbocycles. The number of nitrogens with two attached hydrogens (primary N) is 1. The highest BCUT2D eigenvalue weighted by Gasteiger charge is 2.36. The summed E-state index contributed by atoms with van der Waals surface area (Å²) in [5.74, 6) is 0.665. The summed E-state index contributed by atoms with van der Waals surface area (Å²) in [6.45, 7) is 3.30. The molecule has 6 nitrogen and oxygen atoms in total. The van der Waals surface area contributed by atoms with Crippen LogP contribution in [-0.4, -0.2) is 23.8 Å². The van der Waals surface area contributed by atoms with E-state index in [9.17, 15) is 8.42 Å². The van der Waals surface area contributed by atoms with Gasteiger partial charge in [0.2, 0.25) is 0 Å². The highest BCUT2D eigenvalue weighted by atomic mass is 32.2. The predicted octanol–water partition coefficient (Wildman–Crippen LogP) is 2.65. The summed E-state index contributed by atoms with van der Waals surface area (Å²) in [6, 6.07) is 6.70. The Hall–Kier alpha value is -1.73. The molecule has 1 aliphatic rings. The van der Waals surface area contributed by atoms with Gasteiger partial charge >= 0.3 is 0 Å². The van der Waals surface area contributed by atoms with E-state index in [0.29, 0.717) is 11.4 Å². The van der Waals surface area contributed by atoms with Crippen molar-refractivity contribution in [2.24, 2.45) is 5.73 Å². The number of aromatic nitrogens is 2. The van der Waals surface area contributed by atoms with E-state index in [-0.39, 0.29) is 10.8 Å². The predicted molar refractivity (Wildman–Crippen MR) is 86.4 cm³/mol. The highest BCUT2D eigenvalue weighted by Crippen LogP contribution is 2.36. The van der Waals surface area contributed by atoms with Crippen molar-refractivity contribution in [3.63, 3.8) is 0 Å². The average Bonchev–Trinajstić information content (AvgIpc) is 3.17. The van der Waals surface area contributed by atoms with Gasteiger partial charge < -0.3 is 10.3 Å². The maximum Gasteiger partial charge on any atom is 0.259 e. The van der Waals surface area contributed by atoms with Crippen LogP contribution in [0.5, 0.6) is 0 Å². The van der Waals surface area contributed by atoms with E-state index in [1.807, 2.05) is 0 Å². The van der Waals surface area contributed by atoms with Crippen LogP contribution >= 0.6 is 0 Å². The van der Waals surface area contributed by atoms with Gasteiger partial charge in [-0.15, -0.1) is 0 Å². The van der Waals surface area contributed by atoms with Gasteiger partial charge in [-0.05, 0) is 38.8 Å². The molecule has 0 spiro atoms. The van der Waals surface area contributed by atoms with Crippen molar-refractivity contribution >= 4 is 9.84 Å². The third-order valence-electron chi connectivity index (χ3n) is 4.41. The van der Waals surface area contributed by atoms with Gasteiger partial charge in [-0.1, -0.05) is 30.1 Å². The van der Waals surface area contributed by atoms with Crippen molar-refractivity contribution in [2.75, 3.05) is 0 Å². The van der Waals surface area contributed by atoms with E-state index < -0.39 is 20.6 Å². The Kier molecular flexibility index (Phi) is 4.01. The van der Waals surface area contributed by atoms with Crippen LogP contribution in [-0.2, 0) is 15.4 Å². The van der Waals surface area contributed by atoms with Gasteiger partial charge in [0, 0.05) is 0 Å². The molecule has 0 atom stereocenters. The fourth-order valence-electron chi connectivity index (χ4n) is 2.91. The molecule has 0 amide bonds. The third-order valence-corrected chi connectivity index (χ3v) is 6.62. The molecule has 1 heterocycles. The Labute approximate surface area is 136 Å². The second-order valence-electron chi connectivity index (χ2n) is 6.38. The molecule has 1 fully saturated rings. The van der Waals surface area contributed by atoms with Gasteiger partial charge in [-0.25, -0.2) is 8.42 Å². The zero-order valence-electron chi connectivity index (χ0n) is 13.3. The molecule has 0 bridgehead atoms. The van der Waals surface area contributed by atoms with E-state index in [4.69, 9.17) is 10.3 Å². The largest absolute Gasteiger partial charge is 0.334 e. The van der Waals surface area contributed by atoms with Crippen LogP contribution in [0.2, 0.25) is 0 Å². The first-order chi connectivity index (χ1) is 10.8. The summed E-state index contributed by atoms with van der Waals surface area (Å²) in [4.78, 5) is 4.61. The van der Waals surface area contributed by atoms with Crippen molar-refractivity contribution in [2.45, 2.75) is 55.2 Å². The molecule has 124 valence electrons. The molecule has 1 aromatic heterocycles. The molecule has 0 saturated heterocycles. The summed E-state index contributed by atoms with van der Waals surface area (Å²) in [5.41, 5.74) is 6.21. The molecule has 1 aromatic carbocycles. The van der Waals surface area contributed by atoms with Crippen molar-refractivity contribution in [1.29, 1.82) is 0 Å². The molecule has 3 rings (SSSR count). The molecule has 1 saturated carbocycles. The Morgan fingerprint density at radius 2 is 1.87 bits per heavy atom. The van der Waals surface area contributed by atoms with Gasteiger partial charge in [-0.2, -0.15) is 4.98 Å². The fraction of sp³-hybridized carbons (Fsp3) is 0.500. The zero-order valence-corrected chi connectivity index (χ0v) is 14.1. The Morgan fingerprint density at radius 1 is 1.22 bits per heavy atom. The topological polar surface area (TPSA) is 99.1 Å². The Balaban J connectivity index is 2.06. The second-order valence-corrected chi connectivity index (χ2v) is 8.85. The van der Waals surface area contributed by atoms with Gasteiger partial charge in [0.1, 0.15) is 0 Å². The van der Waals surface area contributed by atoms with Crippen molar-refractivity contribution in [3.05, 3.63) is 30.1 Å². The fourth-order valence-corrected chi connectivity index (χ4v) is 4.15. The molecule has 2 N–H and O–H groups in total. The normalized spacial score (nSPS) is 17.7. The average molecular weight is 335 g/mol. The monoisotopic (exact) mass is 335 g/mol. The van der Waals surface area contributed by atoms with Gasteiger partial charge in [0.05, 0.1) is 21.2 Å². The van der Waals surface area contributed by atoms with Crippen LogP contribution in [0.25, 0.3) is 11.5 Å². The van der Waals surface area contributed by atoms with Gasteiger partial charge in [0.25, 0.3) is 5.89 Å². The minimum Gasteiger partial charge on any atom is -0.334 e. The first-order valence-electron chi connectivity index (χ1n) is 7.81. The summed E-state index contributed by atoms with van der Waals surface area (Å²) >= 11 is 0. The minimum absolute atomic E-state index is 0.205. The third kappa shape index (κ3) is 2.79. The van der Waals surface area contributed by atoms with Crippen LogP contribution in [0.15, 0.2) is 33.7 Å². The van der Waals surface area contributed by atoms with E-state index in [1.165, 1.54) is 0 Å². The SMILES string of the molecule is CC(C)S(=O)(=O)c1ccccc1-c1nc(C2(N)CCCC2)no1. The zero-order chi connectivity index (χ0) is 16.7. The lowest BCUT2D eigenvalue weighted by atomic mass is 9.99. The van der Waals surface area contributed by atoms with E-state index in [1.54, 1.807) is 38.1 Å². The van der Waals surface area contributed by atoms with Crippen molar-refractivity contribution in [1.82, 2.24) is 10.1 Å². The molecular formula is C16H21N3O3S. The quantitative estimate of drug-likeness (QED) is 0.922. The van der Waals surface area contributed by atoms with Crippen molar-refractivity contribution < 1.29 is 12.9 Å². The Morgan fingerprint density at radius 3 is 2.52 bits per heavy atom. The highest BCUT2D eigenvalue weighted by molar-refractivity contribution is 7.92. The Bertz CT molecular complexity index is 805. The van der Waals surface area contributed by atoms with E-state index >= 15 is 0 Å². The number of rotatable bonds is 4. The molecule has 0 aliphatic heterocycles. The smallest absolute Gasteiger partial charge is 0.259 e. The first-order valence-corrected chi connectivity index (χ1v) is 9.35. The maximum absolute atomic E-state index is 12.5. The lowest BCUT2D eigenvalue weighted by molar-refractivity contribution is 0.372. The van der Waals surface area contributed by atoms with Gasteiger partial charge in [0.15, 0.2) is 15.7 Å². The lowest BCUT2D eigenvalue weighted by Crippen LogP contribution is -2.34. The number of hydrogen-bond donors (Lipinski definition) is 1. The maximum atomic E-state index is 12.5. The molecule has 2 aromatic rings. The molecule has 0 radical (unpaired) electrons. The minimum atomic E-state index is -3.44. The molecule has 0 unspecified atom stereocenters. The van der Waals surface area contributed by atoms with Crippen molar-refractivity contribution in [3.8, 4) is 11.5 Å². The summed E-state index contributed by atoms with van der Waals surface area (Å²) < 4.78 is 30.4.